The molecule has 0 bridgehead atoms. The van der Waals surface area contributed by atoms with E-state index >= 15 is 0 Å². The molecule has 1 fully saturated rings. The molecule has 0 spiro atoms. The van der Waals surface area contributed by atoms with Crippen molar-refractivity contribution in [1.29, 1.82) is 0 Å². The van der Waals surface area contributed by atoms with Gasteiger partial charge in [0.05, 0.1) is 4.92 Å². The topological polar surface area (TPSA) is 83.8 Å². The molecule has 1 saturated heterocycles. The molecule has 0 aromatic heterocycles. The Morgan fingerprint density at radius 2 is 1.70 bits per heavy atom. The van der Waals surface area contributed by atoms with Crippen LogP contribution in [0.2, 0.25) is 0 Å². The summed E-state index contributed by atoms with van der Waals surface area (Å²) in [5.74, 6) is -0.0884. The van der Waals surface area contributed by atoms with Crippen LogP contribution in [0.5, 0.6) is 0 Å². The first-order valence-corrected chi connectivity index (χ1v) is 7.44. The summed E-state index contributed by atoms with van der Waals surface area (Å²) in [4.78, 5) is 37.2. The molecule has 122 valence electrons. The number of carbonyl (C=O) groups excluding carboxylic acids is 2. The lowest BCUT2D eigenvalue weighted by Crippen LogP contribution is -2.35. The van der Waals surface area contributed by atoms with Gasteiger partial charge in [-0.3, -0.25) is 19.7 Å². The van der Waals surface area contributed by atoms with Crippen molar-refractivity contribution < 1.29 is 14.5 Å². The SMILES string of the molecule is CC(=O)N1CCCN(C(=O)/C=C/c2ccc([N+](=O)[O-])cc2)CC1. The highest BCUT2D eigenvalue weighted by Gasteiger charge is 2.18. The van der Waals surface area contributed by atoms with Crippen molar-refractivity contribution in [2.24, 2.45) is 0 Å². The van der Waals surface area contributed by atoms with Gasteiger partial charge in [0.1, 0.15) is 0 Å². The number of hydrogen-bond acceptors (Lipinski definition) is 4. The molecule has 1 heterocycles. The minimum atomic E-state index is -0.462. The number of nitro groups is 1. The Labute approximate surface area is 134 Å². The fourth-order valence-electron chi connectivity index (χ4n) is 2.43. The highest BCUT2D eigenvalue weighted by Crippen LogP contribution is 2.13. The molecule has 0 N–H and O–H groups in total. The number of nitrogens with zero attached hydrogens (tertiary/aromatic N) is 3. The number of amides is 2. The van der Waals surface area contributed by atoms with Gasteiger partial charge in [-0.25, -0.2) is 0 Å². The normalized spacial score (nSPS) is 15.5. The summed E-state index contributed by atoms with van der Waals surface area (Å²) < 4.78 is 0. The van der Waals surface area contributed by atoms with E-state index in [4.69, 9.17) is 0 Å². The van der Waals surface area contributed by atoms with Gasteiger partial charge in [0, 0.05) is 51.3 Å². The number of nitro benzene ring substituents is 1. The molecule has 1 aromatic carbocycles. The van der Waals surface area contributed by atoms with E-state index in [1.54, 1.807) is 28.0 Å². The van der Waals surface area contributed by atoms with Crippen molar-refractivity contribution in [2.45, 2.75) is 13.3 Å². The number of hydrogen-bond donors (Lipinski definition) is 0. The molecule has 1 aliphatic heterocycles. The summed E-state index contributed by atoms with van der Waals surface area (Å²) in [6.07, 6.45) is 3.86. The average molecular weight is 317 g/mol. The molecule has 1 aromatic rings. The Morgan fingerprint density at radius 3 is 2.30 bits per heavy atom. The molecule has 2 amide bonds. The molecule has 0 saturated carbocycles. The molecule has 0 unspecified atom stereocenters. The molecule has 23 heavy (non-hydrogen) atoms. The first-order valence-electron chi connectivity index (χ1n) is 7.44. The maximum atomic E-state index is 12.2. The van der Waals surface area contributed by atoms with E-state index in [9.17, 15) is 19.7 Å². The molecular weight excluding hydrogens is 298 g/mol. The van der Waals surface area contributed by atoms with Gasteiger partial charge < -0.3 is 9.80 Å². The Kier molecular flexibility index (Phi) is 5.46. The van der Waals surface area contributed by atoms with Crippen LogP contribution in [-0.4, -0.2) is 52.7 Å². The highest BCUT2D eigenvalue weighted by molar-refractivity contribution is 5.91. The third kappa shape index (κ3) is 4.64. The maximum absolute atomic E-state index is 12.2. The summed E-state index contributed by atoms with van der Waals surface area (Å²) in [7, 11) is 0. The van der Waals surface area contributed by atoms with E-state index in [1.807, 2.05) is 0 Å². The lowest BCUT2D eigenvalue weighted by Gasteiger charge is -2.20. The predicted octanol–water partition coefficient (Wildman–Crippen LogP) is 1.69. The van der Waals surface area contributed by atoms with Crippen LogP contribution in [0.15, 0.2) is 30.3 Å². The van der Waals surface area contributed by atoms with Crippen LogP contribution in [0.1, 0.15) is 18.9 Å². The van der Waals surface area contributed by atoms with Crippen molar-refractivity contribution in [2.75, 3.05) is 26.2 Å². The number of carbonyl (C=O) groups is 2. The Hall–Kier alpha value is -2.70. The second-order valence-corrected chi connectivity index (χ2v) is 5.37. The molecule has 0 atom stereocenters. The van der Waals surface area contributed by atoms with Crippen molar-refractivity contribution >= 4 is 23.6 Å². The zero-order chi connectivity index (χ0) is 16.8. The smallest absolute Gasteiger partial charge is 0.269 e. The fourth-order valence-corrected chi connectivity index (χ4v) is 2.43. The monoisotopic (exact) mass is 317 g/mol. The summed E-state index contributed by atoms with van der Waals surface area (Å²) in [5.41, 5.74) is 0.745. The van der Waals surface area contributed by atoms with E-state index in [-0.39, 0.29) is 17.5 Å². The van der Waals surface area contributed by atoms with Crippen LogP contribution in [0.4, 0.5) is 5.69 Å². The van der Waals surface area contributed by atoms with Gasteiger partial charge >= 0.3 is 0 Å². The zero-order valence-electron chi connectivity index (χ0n) is 13.0. The first kappa shape index (κ1) is 16.7. The number of rotatable bonds is 3. The standard InChI is InChI=1S/C16H19N3O4/c1-13(20)17-9-2-10-18(12-11-17)16(21)8-5-14-3-6-15(7-4-14)19(22)23/h3-8H,2,9-12H2,1H3/b8-5+. The largest absolute Gasteiger partial charge is 0.341 e. The average Bonchev–Trinajstić information content (AvgIpc) is 2.79. The molecule has 2 rings (SSSR count). The Morgan fingerprint density at radius 1 is 1.09 bits per heavy atom. The van der Waals surface area contributed by atoms with Crippen LogP contribution in [0.3, 0.4) is 0 Å². The lowest BCUT2D eigenvalue weighted by molar-refractivity contribution is -0.384. The zero-order valence-corrected chi connectivity index (χ0v) is 13.0. The van der Waals surface area contributed by atoms with E-state index in [2.05, 4.69) is 0 Å². The van der Waals surface area contributed by atoms with Crippen molar-refractivity contribution in [3.8, 4) is 0 Å². The van der Waals surface area contributed by atoms with Gasteiger partial charge in [0.15, 0.2) is 0 Å². The molecule has 7 nitrogen and oxygen atoms in total. The van der Waals surface area contributed by atoms with Gasteiger partial charge in [0.2, 0.25) is 11.8 Å². The fraction of sp³-hybridized carbons (Fsp3) is 0.375. The Balaban J connectivity index is 1.95. The molecule has 0 radical (unpaired) electrons. The Bertz CT molecular complexity index is 625. The second-order valence-electron chi connectivity index (χ2n) is 5.37. The molecule has 0 aliphatic carbocycles. The molecular formula is C16H19N3O4. The quantitative estimate of drug-likeness (QED) is 0.482. The van der Waals surface area contributed by atoms with Crippen molar-refractivity contribution in [1.82, 2.24) is 9.80 Å². The third-order valence-corrected chi connectivity index (χ3v) is 3.78. The summed E-state index contributed by atoms with van der Waals surface area (Å²) >= 11 is 0. The lowest BCUT2D eigenvalue weighted by atomic mass is 10.2. The molecule has 1 aliphatic rings. The van der Waals surface area contributed by atoms with E-state index in [0.717, 1.165) is 12.0 Å². The van der Waals surface area contributed by atoms with Gasteiger partial charge in [-0.15, -0.1) is 0 Å². The summed E-state index contributed by atoms with van der Waals surface area (Å²) in [6.45, 7) is 3.89. The van der Waals surface area contributed by atoms with Crippen LogP contribution < -0.4 is 0 Å². The third-order valence-electron chi connectivity index (χ3n) is 3.78. The second kappa shape index (κ2) is 7.53. The minimum absolute atomic E-state index is 0.0188. The van der Waals surface area contributed by atoms with E-state index in [0.29, 0.717) is 26.2 Å². The highest BCUT2D eigenvalue weighted by atomic mass is 16.6. The van der Waals surface area contributed by atoms with Crippen molar-refractivity contribution in [3.63, 3.8) is 0 Å². The summed E-state index contributed by atoms with van der Waals surface area (Å²) in [5, 5.41) is 10.6. The van der Waals surface area contributed by atoms with Gasteiger partial charge in [-0.1, -0.05) is 0 Å². The van der Waals surface area contributed by atoms with Crippen molar-refractivity contribution in [3.05, 3.63) is 46.0 Å². The van der Waals surface area contributed by atoms with E-state index in [1.165, 1.54) is 25.1 Å². The minimum Gasteiger partial charge on any atom is -0.341 e. The van der Waals surface area contributed by atoms with Crippen LogP contribution >= 0.6 is 0 Å². The van der Waals surface area contributed by atoms with Crippen LogP contribution in [0, 0.1) is 10.1 Å². The first-order chi connectivity index (χ1) is 11.0. The van der Waals surface area contributed by atoms with Crippen LogP contribution in [0.25, 0.3) is 6.08 Å². The summed E-state index contributed by atoms with van der Waals surface area (Å²) in [6, 6.07) is 6.01. The number of non-ortho nitro benzene ring substituents is 1. The maximum Gasteiger partial charge on any atom is 0.269 e. The van der Waals surface area contributed by atoms with Crippen LogP contribution in [-0.2, 0) is 9.59 Å². The molecule has 7 heteroatoms. The van der Waals surface area contributed by atoms with Gasteiger partial charge in [-0.05, 0) is 30.2 Å². The van der Waals surface area contributed by atoms with Gasteiger partial charge in [0.25, 0.3) is 5.69 Å². The van der Waals surface area contributed by atoms with Gasteiger partial charge in [-0.2, -0.15) is 0 Å². The number of benzene rings is 1. The van der Waals surface area contributed by atoms with E-state index < -0.39 is 4.92 Å². The predicted molar refractivity (Wildman–Crippen MR) is 85.6 cm³/mol.